The van der Waals surface area contributed by atoms with E-state index in [-0.39, 0.29) is 5.91 Å². The molecule has 2 unspecified atom stereocenters. The first-order valence-corrected chi connectivity index (χ1v) is 7.82. The molecule has 3 nitrogen and oxygen atoms in total. The molecule has 1 amide bonds. The van der Waals surface area contributed by atoms with Gasteiger partial charge in [0.1, 0.15) is 0 Å². The monoisotopic (exact) mass is 258 g/mol. The van der Waals surface area contributed by atoms with Gasteiger partial charge in [0.2, 0.25) is 5.91 Å². The molecule has 0 radical (unpaired) electrons. The maximum absolute atomic E-state index is 11.8. The van der Waals surface area contributed by atoms with Crippen molar-refractivity contribution in [3.63, 3.8) is 0 Å². The molecule has 4 heteroatoms. The quantitative estimate of drug-likeness (QED) is 0.735. The van der Waals surface area contributed by atoms with E-state index in [9.17, 15) is 4.79 Å². The highest BCUT2D eigenvalue weighted by Gasteiger charge is 2.28. The topological polar surface area (TPSA) is 41.1 Å². The molecule has 0 bridgehead atoms. The summed E-state index contributed by atoms with van der Waals surface area (Å²) in [5.41, 5.74) is 0. The van der Waals surface area contributed by atoms with Gasteiger partial charge in [0.15, 0.2) is 0 Å². The smallest absolute Gasteiger partial charge is 0.221 e. The number of thioether (sulfide) groups is 1. The Labute approximate surface area is 109 Å². The first kappa shape index (κ1) is 14.8. The largest absolute Gasteiger partial charge is 0.352 e. The minimum absolute atomic E-state index is 0.201. The van der Waals surface area contributed by atoms with Crippen molar-refractivity contribution in [1.82, 2.24) is 10.6 Å². The molecule has 2 N–H and O–H groups in total. The molecule has 2 atom stereocenters. The zero-order valence-electron chi connectivity index (χ0n) is 11.3. The van der Waals surface area contributed by atoms with Crippen LogP contribution in [0.3, 0.4) is 0 Å². The number of hydrogen-bond acceptors (Lipinski definition) is 3. The highest BCUT2D eigenvalue weighted by atomic mass is 32.2. The lowest BCUT2D eigenvalue weighted by Crippen LogP contribution is -2.40. The van der Waals surface area contributed by atoms with Gasteiger partial charge in [-0.05, 0) is 18.6 Å². The molecule has 0 aromatic heterocycles. The van der Waals surface area contributed by atoms with Gasteiger partial charge in [0, 0.05) is 30.3 Å². The van der Waals surface area contributed by atoms with Crippen molar-refractivity contribution in [2.75, 3.05) is 12.3 Å². The lowest BCUT2D eigenvalue weighted by molar-refractivity contribution is -0.121. The van der Waals surface area contributed by atoms with Crippen LogP contribution in [-0.4, -0.2) is 35.5 Å². The fraction of sp³-hybridized carbons (Fsp3) is 0.923. The van der Waals surface area contributed by atoms with Crippen LogP contribution in [0.4, 0.5) is 0 Å². The summed E-state index contributed by atoms with van der Waals surface area (Å²) >= 11 is 1.99. The van der Waals surface area contributed by atoms with Crippen molar-refractivity contribution in [1.29, 1.82) is 0 Å². The summed E-state index contributed by atoms with van der Waals surface area (Å²) in [7, 11) is 0. The van der Waals surface area contributed by atoms with Gasteiger partial charge in [-0.15, -0.1) is 0 Å². The average molecular weight is 258 g/mol. The van der Waals surface area contributed by atoms with Crippen LogP contribution in [-0.2, 0) is 4.79 Å². The highest BCUT2D eigenvalue weighted by Crippen LogP contribution is 2.29. The van der Waals surface area contributed by atoms with Gasteiger partial charge >= 0.3 is 0 Å². The van der Waals surface area contributed by atoms with Crippen molar-refractivity contribution in [2.45, 2.75) is 63.8 Å². The normalized spacial score (nSPS) is 24.2. The second kappa shape index (κ2) is 7.98. The lowest BCUT2D eigenvalue weighted by Gasteiger charge is -2.20. The second-order valence-corrected chi connectivity index (χ2v) is 6.47. The predicted octanol–water partition coefficient (Wildman–Crippen LogP) is 2.16. The third kappa shape index (κ3) is 5.77. The van der Waals surface area contributed by atoms with Gasteiger partial charge in [0.25, 0.3) is 0 Å². The molecule has 1 fully saturated rings. The summed E-state index contributed by atoms with van der Waals surface area (Å²) < 4.78 is 0. The van der Waals surface area contributed by atoms with Crippen molar-refractivity contribution in [3.05, 3.63) is 0 Å². The fourth-order valence-corrected chi connectivity index (χ4v) is 3.46. The van der Waals surface area contributed by atoms with Crippen LogP contribution in [0.5, 0.6) is 0 Å². The molecule has 1 saturated carbocycles. The Morgan fingerprint density at radius 3 is 2.82 bits per heavy atom. The molecule has 0 saturated heterocycles. The van der Waals surface area contributed by atoms with Crippen LogP contribution in [0.2, 0.25) is 0 Å². The van der Waals surface area contributed by atoms with Gasteiger partial charge in [-0.2, -0.15) is 11.8 Å². The van der Waals surface area contributed by atoms with Crippen LogP contribution in [0.15, 0.2) is 0 Å². The minimum Gasteiger partial charge on any atom is -0.352 e. The summed E-state index contributed by atoms with van der Waals surface area (Å²) in [6, 6.07) is 0.865. The summed E-state index contributed by atoms with van der Waals surface area (Å²) in [5.74, 6) is 1.35. The zero-order valence-corrected chi connectivity index (χ0v) is 12.1. The van der Waals surface area contributed by atoms with Crippen molar-refractivity contribution < 1.29 is 4.79 Å². The van der Waals surface area contributed by atoms with Gasteiger partial charge < -0.3 is 10.6 Å². The Kier molecular flexibility index (Phi) is 6.97. The van der Waals surface area contributed by atoms with E-state index >= 15 is 0 Å². The number of hydrogen-bond donors (Lipinski definition) is 2. The van der Waals surface area contributed by atoms with E-state index in [1.165, 1.54) is 12.8 Å². The Morgan fingerprint density at radius 2 is 2.18 bits per heavy atom. The maximum Gasteiger partial charge on any atom is 0.221 e. The molecule has 1 aliphatic carbocycles. The lowest BCUT2D eigenvalue weighted by atomic mass is 10.2. The van der Waals surface area contributed by atoms with Crippen molar-refractivity contribution >= 4 is 17.7 Å². The minimum atomic E-state index is 0.201. The first-order chi connectivity index (χ1) is 8.13. The number of nitrogens with one attached hydrogen (secondary N) is 2. The molecule has 1 rings (SSSR count). The van der Waals surface area contributed by atoms with E-state index < -0.39 is 0 Å². The summed E-state index contributed by atoms with van der Waals surface area (Å²) in [4.78, 5) is 11.8. The Hall–Kier alpha value is -0.220. The second-order valence-electron chi connectivity index (χ2n) is 4.96. The average Bonchev–Trinajstić information content (AvgIpc) is 2.66. The number of carbonyl (C=O) groups excluding carboxylic acids is 1. The molecular weight excluding hydrogens is 232 g/mol. The van der Waals surface area contributed by atoms with Crippen LogP contribution < -0.4 is 10.6 Å². The third-order valence-corrected chi connectivity index (χ3v) is 4.41. The Balaban J connectivity index is 2.20. The SMILES string of the molecule is CCSC1CCCC1NC(=O)CCNC(C)C. The van der Waals surface area contributed by atoms with Crippen molar-refractivity contribution in [2.24, 2.45) is 0 Å². The van der Waals surface area contributed by atoms with E-state index in [1.54, 1.807) is 0 Å². The van der Waals surface area contributed by atoms with E-state index in [2.05, 4.69) is 31.4 Å². The number of amides is 1. The van der Waals surface area contributed by atoms with E-state index in [4.69, 9.17) is 0 Å². The summed E-state index contributed by atoms with van der Waals surface area (Å²) in [5, 5.41) is 7.10. The third-order valence-electron chi connectivity index (χ3n) is 3.08. The van der Waals surface area contributed by atoms with E-state index in [0.29, 0.717) is 23.8 Å². The molecular formula is C13H26N2OS. The molecule has 100 valence electrons. The molecule has 0 aromatic rings. The Bertz CT molecular complexity index is 233. The summed E-state index contributed by atoms with van der Waals surface area (Å²) in [6.07, 6.45) is 4.26. The van der Waals surface area contributed by atoms with E-state index in [1.807, 2.05) is 11.8 Å². The molecule has 0 spiro atoms. The molecule has 0 aliphatic heterocycles. The summed E-state index contributed by atoms with van der Waals surface area (Å²) in [6.45, 7) is 7.17. The van der Waals surface area contributed by atoms with Gasteiger partial charge in [-0.3, -0.25) is 4.79 Å². The number of rotatable bonds is 7. The Morgan fingerprint density at radius 1 is 1.41 bits per heavy atom. The maximum atomic E-state index is 11.8. The van der Waals surface area contributed by atoms with E-state index in [0.717, 1.165) is 18.7 Å². The molecule has 0 aromatic carbocycles. The van der Waals surface area contributed by atoms with Gasteiger partial charge in [-0.25, -0.2) is 0 Å². The van der Waals surface area contributed by atoms with Gasteiger partial charge in [-0.1, -0.05) is 27.2 Å². The van der Waals surface area contributed by atoms with Crippen molar-refractivity contribution in [3.8, 4) is 0 Å². The van der Waals surface area contributed by atoms with Crippen LogP contribution in [0.1, 0.15) is 46.5 Å². The standard InChI is InChI=1S/C13H26N2OS/c1-4-17-12-7-5-6-11(12)15-13(16)8-9-14-10(2)3/h10-12,14H,4-9H2,1-3H3,(H,15,16). The molecule has 1 aliphatic rings. The predicted molar refractivity (Wildman–Crippen MR) is 75.5 cm³/mol. The first-order valence-electron chi connectivity index (χ1n) is 6.77. The number of carbonyl (C=O) groups is 1. The highest BCUT2D eigenvalue weighted by molar-refractivity contribution is 7.99. The van der Waals surface area contributed by atoms with Gasteiger partial charge in [0.05, 0.1) is 0 Å². The molecule has 0 heterocycles. The van der Waals surface area contributed by atoms with Crippen LogP contribution in [0.25, 0.3) is 0 Å². The van der Waals surface area contributed by atoms with Crippen LogP contribution in [0, 0.1) is 0 Å². The molecule has 17 heavy (non-hydrogen) atoms. The fourth-order valence-electron chi connectivity index (χ4n) is 2.26. The van der Waals surface area contributed by atoms with Crippen LogP contribution >= 0.6 is 11.8 Å². The zero-order chi connectivity index (χ0) is 12.7.